The van der Waals surface area contributed by atoms with Gasteiger partial charge in [0, 0.05) is 13.1 Å². The van der Waals surface area contributed by atoms with Crippen molar-refractivity contribution in [3.05, 3.63) is 29.8 Å². The molecule has 6 heteroatoms. The van der Waals surface area contributed by atoms with Crippen molar-refractivity contribution in [3.8, 4) is 11.8 Å². The number of rotatable bonds is 12. The van der Waals surface area contributed by atoms with E-state index >= 15 is 0 Å². The van der Waals surface area contributed by atoms with Gasteiger partial charge in [0.1, 0.15) is 24.5 Å². The molecule has 132 valence electrons. The molecule has 0 aliphatic rings. The highest BCUT2D eigenvalue weighted by Gasteiger charge is 2.17. The minimum absolute atomic E-state index is 0.0409. The monoisotopic (exact) mass is 334 g/mol. The number of unbranched alkanes of at least 4 members (excludes halogenated alkanes) is 2. The van der Waals surface area contributed by atoms with Crippen LogP contribution in [0.25, 0.3) is 0 Å². The number of hydrogen-bond acceptors (Lipinski definition) is 5. The number of ether oxygens (including phenoxy) is 1. The number of nitriles is 1. The van der Waals surface area contributed by atoms with E-state index in [2.05, 4.69) is 12.2 Å². The lowest BCUT2D eigenvalue weighted by atomic mass is 10.0. The van der Waals surface area contributed by atoms with Crippen LogP contribution in [-0.2, 0) is 4.79 Å². The van der Waals surface area contributed by atoms with Crippen LogP contribution < -0.4 is 10.1 Å². The lowest BCUT2D eigenvalue weighted by Crippen LogP contribution is -2.36. The first-order chi connectivity index (χ1) is 11.6. The van der Waals surface area contributed by atoms with E-state index in [0.29, 0.717) is 24.3 Å². The minimum atomic E-state index is -0.813. The zero-order valence-electron chi connectivity index (χ0n) is 14.1. The second kappa shape index (κ2) is 11.4. The van der Waals surface area contributed by atoms with Gasteiger partial charge >= 0.3 is 5.97 Å². The number of hydrogen-bond donors (Lipinski definition) is 3. The number of aliphatic hydroxyl groups is 1. The van der Waals surface area contributed by atoms with Crippen LogP contribution in [0, 0.1) is 17.2 Å². The molecule has 0 spiro atoms. The average molecular weight is 334 g/mol. The minimum Gasteiger partial charge on any atom is -0.489 e. The Kier molecular flexibility index (Phi) is 9.51. The first kappa shape index (κ1) is 19.9. The molecular formula is C18H26N2O4. The summed E-state index contributed by atoms with van der Waals surface area (Å²) in [5.74, 6) is -0.821. The fourth-order valence-corrected chi connectivity index (χ4v) is 2.31. The van der Waals surface area contributed by atoms with Crippen LogP contribution in [0.4, 0.5) is 0 Å². The maximum atomic E-state index is 11.2. The number of aliphatic carboxylic acids is 1. The smallest absolute Gasteiger partial charge is 0.307 e. The predicted octanol–water partition coefficient (Wildman–Crippen LogP) is 2.17. The Morgan fingerprint density at radius 3 is 2.75 bits per heavy atom. The van der Waals surface area contributed by atoms with Crippen molar-refractivity contribution in [2.24, 2.45) is 5.92 Å². The van der Waals surface area contributed by atoms with Crippen molar-refractivity contribution in [2.75, 3.05) is 19.7 Å². The van der Waals surface area contributed by atoms with Crippen LogP contribution in [0.3, 0.4) is 0 Å². The number of para-hydroxylation sites is 1. The second-order valence-electron chi connectivity index (χ2n) is 5.76. The molecule has 24 heavy (non-hydrogen) atoms. The van der Waals surface area contributed by atoms with Gasteiger partial charge in [0.2, 0.25) is 0 Å². The largest absolute Gasteiger partial charge is 0.489 e. The van der Waals surface area contributed by atoms with Gasteiger partial charge in [0.25, 0.3) is 0 Å². The fourth-order valence-electron chi connectivity index (χ4n) is 2.31. The summed E-state index contributed by atoms with van der Waals surface area (Å²) in [4.78, 5) is 11.2. The molecule has 2 unspecified atom stereocenters. The Labute approximate surface area is 143 Å². The molecule has 0 radical (unpaired) electrons. The van der Waals surface area contributed by atoms with Crippen LogP contribution in [0.15, 0.2) is 24.3 Å². The number of nitrogens with one attached hydrogen (secondary N) is 1. The highest BCUT2D eigenvalue weighted by atomic mass is 16.5. The molecule has 0 heterocycles. The second-order valence-corrected chi connectivity index (χ2v) is 5.76. The van der Waals surface area contributed by atoms with Crippen molar-refractivity contribution in [2.45, 2.75) is 38.7 Å². The fraction of sp³-hybridized carbons (Fsp3) is 0.556. The zero-order chi connectivity index (χ0) is 17.8. The quantitative estimate of drug-likeness (QED) is 0.506. The van der Waals surface area contributed by atoms with Crippen molar-refractivity contribution in [3.63, 3.8) is 0 Å². The Bertz CT molecular complexity index is 542. The number of aliphatic hydroxyl groups excluding tert-OH is 1. The third kappa shape index (κ3) is 7.44. The molecule has 0 aliphatic carbocycles. The van der Waals surface area contributed by atoms with Gasteiger partial charge in [-0.25, -0.2) is 0 Å². The molecule has 6 nitrogen and oxygen atoms in total. The number of carboxylic acid groups (broad SMARTS) is 1. The Hall–Kier alpha value is -2.10. The molecule has 0 amide bonds. The third-order valence-corrected chi connectivity index (χ3v) is 3.71. The topological polar surface area (TPSA) is 103 Å². The van der Waals surface area contributed by atoms with Gasteiger partial charge in [-0.05, 0) is 18.6 Å². The number of carbonyl (C=O) groups is 1. The van der Waals surface area contributed by atoms with Crippen molar-refractivity contribution in [1.29, 1.82) is 5.26 Å². The Morgan fingerprint density at radius 2 is 2.08 bits per heavy atom. The van der Waals surface area contributed by atoms with Gasteiger partial charge < -0.3 is 20.3 Å². The van der Waals surface area contributed by atoms with E-state index in [1.165, 1.54) is 0 Å². The molecule has 0 saturated heterocycles. The van der Waals surface area contributed by atoms with Crippen LogP contribution in [-0.4, -0.2) is 42.0 Å². The van der Waals surface area contributed by atoms with E-state index < -0.39 is 18.0 Å². The van der Waals surface area contributed by atoms with E-state index in [1.54, 1.807) is 24.3 Å². The van der Waals surface area contributed by atoms with E-state index in [4.69, 9.17) is 10.00 Å². The first-order valence-electron chi connectivity index (χ1n) is 8.32. The number of nitrogens with zero attached hydrogens (tertiary/aromatic N) is 1. The molecule has 0 bridgehead atoms. The van der Waals surface area contributed by atoms with Crippen molar-refractivity contribution in [1.82, 2.24) is 5.32 Å². The molecule has 0 aromatic heterocycles. The summed E-state index contributed by atoms with van der Waals surface area (Å²) in [6.07, 6.45) is 2.84. The molecule has 1 rings (SSSR count). The van der Waals surface area contributed by atoms with Crippen LogP contribution in [0.5, 0.6) is 5.75 Å². The van der Waals surface area contributed by atoms with Gasteiger partial charge in [-0.3, -0.25) is 4.79 Å². The van der Waals surface area contributed by atoms with Gasteiger partial charge in [-0.15, -0.1) is 0 Å². The summed E-state index contributed by atoms with van der Waals surface area (Å²) in [5, 5.41) is 31.1. The maximum Gasteiger partial charge on any atom is 0.307 e. The normalized spacial score (nSPS) is 13.0. The molecule has 3 N–H and O–H groups in total. The number of carboxylic acids is 1. The van der Waals surface area contributed by atoms with Crippen molar-refractivity contribution < 1.29 is 19.7 Å². The SMILES string of the molecule is CCCCCC(CNCC(O)COc1ccccc1C#N)C(=O)O. The molecular weight excluding hydrogens is 308 g/mol. The van der Waals surface area contributed by atoms with Gasteiger partial charge in [-0.1, -0.05) is 38.3 Å². The van der Waals surface area contributed by atoms with Gasteiger partial charge in [0.15, 0.2) is 0 Å². The molecule has 2 atom stereocenters. The molecule has 0 fully saturated rings. The highest BCUT2D eigenvalue weighted by molar-refractivity contribution is 5.70. The van der Waals surface area contributed by atoms with Crippen LogP contribution in [0.1, 0.15) is 38.2 Å². The molecule has 0 aliphatic heterocycles. The lowest BCUT2D eigenvalue weighted by molar-refractivity contribution is -0.141. The van der Waals surface area contributed by atoms with Crippen LogP contribution >= 0.6 is 0 Å². The van der Waals surface area contributed by atoms with E-state index in [0.717, 1.165) is 19.3 Å². The van der Waals surface area contributed by atoms with Gasteiger partial charge in [-0.2, -0.15) is 5.26 Å². The highest BCUT2D eigenvalue weighted by Crippen LogP contribution is 2.16. The summed E-state index contributed by atoms with van der Waals surface area (Å²) in [6, 6.07) is 8.85. The number of benzene rings is 1. The molecule has 1 aromatic rings. The zero-order valence-corrected chi connectivity index (χ0v) is 14.1. The van der Waals surface area contributed by atoms with Gasteiger partial charge in [0.05, 0.1) is 11.5 Å². The standard InChI is InChI=1S/C18H26N2O4/c1-2-3-4-8-15(18(22)23)11-20-12-16(21)13-24-17-9-6-5-7-14(17)10-19/h5-7,9,15-16,20-21H,2-4,8,11-13H2,1H3,(H,22,23). The predicted molar refractivity (Wildman–Crippen MR) is 90.8 cm³/mol. The summed E-state index contributed by atoms with van der Waals surface area (Å²) in [7, 11) is 0. The third-order valence-electron chi connectivity index (χ3n) is 3.71. The lowest BCUT2D eigenvalue weighted by Gasteiger charge is -2.16. The first-order valence-corrected chi connectivity index (χ1v) is 8.32. The van der Waals surface area contributed by atoms with Crippen molar-refractivity contribution >= 4 is 5.97 Å². The average Bonchev–Trinajstić information content (AvgIpc) is 2.58. The van der Waals surface area contributed by atoms with E-state index in [-0.39, 0.29) is 13.2 Å². The Balaban J connectivity index is 2.31. The summed E-state index contributed by atoms with van der Waals surface area (Å²) in [6.45, 7) is 2.69. The maximum absolute atomic E-state index is 11.2. The van der Waals surface area contributed by atoms with E-state index in [9.17, 15) is 15.0 Å². The molecule has 0 saturated carbocycles. The summed E-state index contributed by atoms with van der Waals surface area (Å²) in [5.41, 5.74) is 0.416. The Morgan fingerprint density at radius 1 is 1.33 bits per heavy atom. The summed E-state index contributed by atoms with van der Waals surface area (Å²) >= 11 is 0. The van der Waals surface area contributed by atoms with E-state index in [1.807, 2.05) is 6.07 Å². The summed E-state index contributed by atoms with van der Waals surface area (Å²) < 4.78 is 5.45. The molecule has 1 aromatic carbocycles. The van der Waals surface area contributed by atoms with Crippen LogP contribution in [0.2, 0.25) is 0 Å².